The van der Waals surface area contributed by atoms with Gasteiger partial charge in [-0.05, 0) is 5.92 Å². The van der Waals surface area contributed by atoms with Gasteiger partial charge in [-0.3, -0.25) is 0 Å². The Morgan fingerprint density at radius 1 is 1.18 bits per heavy atom. The Morgan fingerprint density at radius 3 is 2.12 bits per heavy atom. The van der Waals surface area contributed by atoms with Crippen LogP contribution in [0, 0.1) is 5.92 Å². The first-order valence-electron chi connectivity index (χ1n) is 6.43. The molecule has 1 rings (SSSR count). The van der Waals surface area contributed by atoms with Crippen molar-refractivity contribution in [2.45, 2.75) is 66.0 Å². The summed E-state index contributed by atoms with van der Waals surface area (Å²) in [6, 6.07) is 0.862. The van der Waals surface area contributed by atoms with Crippen molar-refractivity contribution in [3.05, 3.63) is 16.1 Å². The lowest BCUT2D eigenvalue weighted by molar-refractivity contribution is 0.378. The van der Waals surface area contributed by atoms with Crippen molar-refractivity contribution in [3.8, 4) is 0 Å². The molecule has 1 N–H and O–H groups in total. The fourth-order valence-electron chi connectivity index (χ4n) is 1.68. The Morgan fingerprint density at radius 2 is 1.76 bits per heavy atom. The van der Waals surface area contributed by atoms with E-state index in [0.717, 1.165) is 0 Å². The molecule has 1 atom stereocenters. The lowest BCUT2D eigenvalue weighted by atomic mass is 9.93. The molecule has 0 aliphatic carbocycles. The van der Waals surface area contributed by atoms with Crippen LogP contribution in [0.3, 0.4) is 0 Å². The molecule has 0 saturated carbocycles. The standard InChI is InChI=1S/C14H26N2S/c1-9(2)12(15-10(3)4)13-16-11(8-17-13)14(5,6)7/h8-10,12,15H,1-7H3. The molecule has 0 amide bonds. The summed E-state index contributed by atoms with van der Waals surface area (Å²) in [5.74, 6) is 0.566. The molecule has 0 radical (unpaired) electrons. The summed E-state index contributed by atoms with van der Waals surface area (Å²) in [5.41, 5.74) is 1.35. The maximum absolute atomic E-state index is 4.81. The molecular weight excluding hydrogens is 228 g/mol. The first-order chi connectivity index (χ1) is 7.71. The topological polar surface area (TPSA) is 24.9 Å². The van der Waals surface area contributed by atoms with E-state index in [9.17, 15) is 0 Å². The molecule has 0 aliphatic rings. The van der Waals surface area contributed by atoms with Gasteiger partial charge in [0.05, 0.1) is 11.7 Å². The first kappa shape index (κ1) is 14.7. The van der Waals surface area contributed by atoms with Gasteiger partial charge in [-0.25, -0.2) is 4.98 Å². The summed E-state index contributed by atoms with van der Waals surface area (Å²) in [6.45, 7) is 15.5. The van der Waals surface area contributed by atoms with E-state index >= 15 is 0 Å². The summed E-state index contributed by atoms with van der Waals surface area (Å²) in [5, 5.41) is 7.03. The minimum Gasteiger partial charge on any atom is -0.305 e. The Hall–Kier alpha value is -0.410. The zero-order valence-corrected chi connectivity index (χ0v) is 13.0. The quantitative estimate of drug-likeness (QED) is 0.873. The minimum atomic E-state index is 0.147. The van der Waals surface area contributed by atoms with Crippen LogP contribution >= 0.6 is 11.3 Å². The molecular formula is C14H26N2S. The number of nitrogens with zero attached hydrogens (tertiary/aromatic N) is 1. The second-order valence-electron chi connectivity index (χ2n) is 6.36. The van der Waals surface area contributed by atoms with Gasteiger partial charge in [0.15, 0.2) is 0 Å². The molecule has 2 nitrogen and oxygen atoms in total. The normalized spacial score (nSPS) is 14.6. The Balaban J connectivity index is 2.92. The minimum absolute atomic E-state index is 0.147. The third-order valence-corrected chi connectivity index (χ3v) is 3.66. The van der Waals surface area contributed by atoms with E-state index in [1.807, 2.05) is 0 Å². The molecule has 0 aliphatic heterocycles. The number of nitrogens with one attached hydrogen (secondary N) is 1. The highest BCUT2D eigenvalue weighted by Crippen LogP contribution is 2.30. The molecule has 0 fully saturated rings. The van der Waals surface area contributed by atoms with Gasteiger partial charge in [0.25, 0.3) is 0 Å². The van der Waals surface area contributed by atoms with Crippen molar-refractivity contribution in [2.24, 2.45) is 5.92 Å². The van der Waals surface area contributed by atoms with Crippen LogP contribution in [0.2, 0.25) is 0 Å². The van der Waals surface area contributed by atoms with E-state index in [4.69, 9.17) is 4.98 Å². The van der Waals surface area contributed by atoms with Crippen LogP contribution in [0.15, 0.2) is 5.38 Å². The van der Waals surface area contributed by atoms with Gasteiger partial charge in [-0.15, -0.1) is 11.3 Å². The van der Waals surface area contributed by atoms with E-state index < -0.39 is 0 Å². The smallest absolute Gasteiger partial charge is 0.110 e. The summed E-state index contributed by atoms with van der Waals surface area (Å²) in [4.78, 5) is 4.81. The maximum Gasteiger partial charge on any atom is 0.110 e. The summed E-state index contributed by atoms with van der Waals surface area (Å²) in [6.07, 6.45) is 0. The van der Waals surface area contributed by atoms with Gasteiger partial charge in [0.1, 0.15) is 5.01 Å². The average Bonchev–Trinajstić information content (AvgIpc) is 2.60. The SMILES string of the molecule is CC(C)NC(c1nc(C(C)(C)C)cs1)C(C)C. The third-order valence-electron chi connectivity index (χ3n) is 2.74. The average molecular weight is 254 g/mol. The predicted octanol–water partition coefficient (Wildman–Crippen LogP) is 4.14. The maximum atomic E-state index is 4.81. The molecule has 0 aromatic carbocycles. The summed E-state index contributed by atoms with van der Waals surface area (Å²) >= 11 is 1.78. The molecule has 1 aromatic heterocycles. The number of rotatable bonds is 4. The van der Waals surface area contributed by atoms with Crippen LogP contribution in [0.5, 0.6) is 0 Å². The Labute approximate surface area is 110 Å². The van der Waals surface area contributed by atoms with Crippen molar-refractivity contribution in [3.63, 3.8) is 0 Å². The zero-order valence-electron chi connectivity index (χ0n) is 12.2. The molecule has 0 saturated heterocycles. The largest absolute Gasteiger partial charge is 0.305 e. The number of hydrogen-bond donors (Lipinski definition) is 1. The lowest BCUT2D eigenvalue weighted by Gasteiger charge is -2.23. The highest BCUT2D eigenvalue weighted by atomic mass is 32.1. The number of hydrogen-bond acceptors (Lipinski definition) is 3. The van der Waals surface area contributed by atoms with Crippen molar-refractivity contribution in [1.29, 1.82) is 0 Å². The van der Waals surface area contributed by atoms with Gasteiger partial charge in [0.2, 0.25) is 0 Å². The van der Waals surface area contributed by atoms with Gasteiger partial charge in [-0.1, -0.05) is 48.5 Å². The molecule has 0 bridgehead atoms. The zero-order chi connectivity index (χ0) is 13.2. The molecule has 3 heteroatoms. The van der Waals surface area contributed by atoms with E-state index in [1.54, 1.807) is 11.3 Å². The fraction of sp³-hybridized carbons (Fsp3) is 0.786. The Bertz CT molecular complexity index is 347. The molecule has 1 aromatic rings. The van der Waals surface area contributed by atoms with Gasteiger partial charge in [-0.2, -0.15) is 0 Å². The second kappa shape index (κ2) is 5.49. The van der Waals surface area contributed by atoms with Crippen molar-refractivity contribution < 1.29 is 0 Å². The van der Waals surface area contributed by atoms with E-state index in [-0.39, 0.29) is 5.41 Å². The summed E-state index contributed by atoms with van der Waals surface area (Å²) in [7, 11) is 0. The second-order valence-corrected chi connectivity index (χ2v) is 7.25. The van der Waals surface area contributed by atoms with Crippen LogP contribution < -0.4 is 5.32 Å². The van der Waals surface area contributed by atoms with Crippen molar-refractivity contribution in [1.82, 2.24) is 10.3 Å². The van der Waals surface area contributed by atoms with Gasteiger partial charge in [0, 0.05) is 16.8 Å². The Kier molecular flexibility index (Phi) is 4.73. The van der Waals surface area contributed by atoms with Gasteiger partial charge < -0.3 is 5.32 Å². The molecule has 17 heavy (non-hydrogen) atoms. The summed E-state index contributed by atoms with van der Waals surface area (Å²) < 4.78 is 0. The highest BCUT2D eigenvalue weighted by Gasteiger charge is 2.23. The van der Waals surface area contributed by atoms with Crippen molar-refractivity contribution in [2.75, 3.05) is 0 Å². The highest BCUT2D eigenvalue weighted by molar-refractivity contribution is 7.09. The van der Waals surface area contributed by atoms with Gasteiger partial charge >= 0.3 is 0 Å². The third kappa shape index (κ3) is 4.07. The van der Waals surface area contributed by atoms with Crippen molar-refractivity contribution >= 4 is 11.3 Å². The number of thiazole rings is 1. The van der Waals surface area contributed by atoms with E-state index in [2.05, 4.69) is 59.2 Å². The van der Waals surface area contributed by atoms with Crippen LogP contribution in [-0.2, 0) is 5.41 Å². The monoisotopic (exact) mass is 254 g/mol. The fourth-order valence-corrected chi connectivity index (χ4v) is 2.96. The van der Waals surface area contributed by atoms with E-state index in [1.165, 1.54) is 10.7 Å². The number of aromatic nitrogens is 1. The predicted molar refractivity (Wildman–Crippen MR) is 76.7 cm³/mol. The molecule has 0 spiro atoms. The van der Waals surface area contributed by atoms with Crippen LogP contribution in [0.25, 0.3) is 0 Å². The van der Waals surface area contributed by atoms with E-state index in [0.29, 0.717) is 18.0 Å². The molecule has 1 unspecified atom stereocenters. The van der Waals surface area contributed by atoms with Crippen LogP contribution in [0.1, 0.15) is 65.2 Å². The first-order valence-corrected chi connectivity index (χ1v) is 7.31. The molecule has 98 valence electrons. The van der Waals surface area contributed by atoms with Crippen LogP contribution in [-0.4, -0.2) is 11.0 Å². The van der Waals surface area contributed by atoms with Crippen LogP contribution in [0.4, 0.5) is 0 Å². The molecule has 1 heterocycles. The lowest BCUT2D eigenvalue weighted by Crippen LogP contribution is -2.31.